The second kappa shape index (κ2) is 4.75. The maximum absolute atomic E-state index is 8.69. The first-order valence-corrected chi connectivity index (χ1v) is 6.40. The normalized spacial score (nSPS) is 25.2. The van der Waals surface area contributed by atoms with Gasteiger partial charge in [0.2, 0.25) is 0 Å². The van der Waals surface area contributed by atoms with Crippen LogP contribution >= 0.6 is 11.8 Å². The SMILES string of the molecule is CC1CN(c2ccc(C#N)nc2)CC(C)S1. The van der Waals surface area contributed by atoms with Crippen LogP contribution in [0.4, 0.5) is 5.69 Å². The highest BCUT2D eigenvalue weighted by atomic mass is 32.2. The number of nitrogens with zero attached hydrogens (tertiary/aromatic N) is 3. The molecule has 2 rings (SSSR count). The summed E-state index contributed by atoms with van der Waals surface area (Å²) >= 11 is 2.03. The fourth-order valence-electron chi connectivity index (χ4n) is 2.03. The average Bonchev–Trinajstić information content (AvgIpc) is 2.28. The number of nitriles is 1. The predicted octanol–water partition coefficient (Wildman–Crippen LogP) is 2.28. The molecule has 4 heteroatoms. The summed E-state index contributed by atoms with van der Waals surface area (Å²) in [5.41, 5.74) is 1.61. The summed E-state index contributed by atoms with van der Waals surface area (Å²) in [5, 5.41) is 10.00. The fraction of sp³-hybridized carbons (Fsp3) is 0.500. The highest BCUT2D eigenvalue weighted by Gasteiger charge is 2.22. The van der Waals surface area contributed by atoms with E-state index in [0.29, 0.717) is 16.2 Å². The van der Waals surface area contributed by atoms with E-state index >= 15 is 0 Å². The van der Waals surface area contributed by atoms with Gasteiger partial charge < -0.3 is 4.90 Å². The Labute approximate surface area is 100 Å². The number of hydrogen-bond donors (Lipinski definition) is 0. The molecule has 0 saturated carbocycles. The van der Waals surface area contributed by atoms with Crippen LogP contribution in [0, 0.1) is 11.3 Å². The van der Waals surface area contributed by atoms with E-state index in [1.165, 1.54) is 0 Å². The Balaban J connectivity index is 2.14. The van der Waals surface area contributed by atoms with Gasteiger partial charge in [0.25, 0.3) is 0 Å². The second-order valence-electron chi connectivity index (χ2n) is 4.18. The van der Waals surface area contributed by atoms with Gasteiger partial charge in [-0.1, -0.05) is 13.8 Å². The van der Waals surface area contributed by atoms with Crippen LogP contribution in [0.2, 0.25) is 0 Å². The Kier molecular flexibility index (Phi) is 3.35. The van der Waals surface area contributed by atoms with E-state index in [0.717, 1.165) is 18.8 Å². The maximum atomic E-state index is 8.69. The molecule has 3 nitrogen and oxygen atoms in total. The Hall–Kier alpha value is -1.21. The number of pyridine rings is 1. The molecule has 0 N–H and O–H groups in total. The van der Waals surface area contributed by atoms with Crippen molar-refractivity contribution >= 4 is 17.4 Å². The van der Waals surface area contributed by atoms with Crippen molar-refractivity contribution in [2.24, 2.45) is 0 Å². The number of hydrogen-bond acceptors (Lipinski definition) is 4. The molecule has 0 aliphatic carbocycles. The first-order valence-electron chi connectivity index (χ1n) is 5.45. The molecule has 0 aromatic carbocycles. The third kappa shape index (κ3) is 2.48. The Morgan fingerprint density at radius 2 is 2.06 bits per heavy atom. The van der Waals surface area contributed by atoms with Crippen LogP contribution in [-0.4, -0.2) is 28.6 Å². The Morgan fingerprint density at radius 3 is 2.56 bits per heavy atom. The molecule has 1 fully saturated rings. The molecule has 2 heterocycles. The fourth-order valence-corrected chi connectivity index (χ4v) is 3.35. The van der Waals surface area contributed by atoms with Crippen LogP contribution in [0.15, 0.2) is 18.3 Å². The van der Waals surface area contributed by atoms with Gasteiger partial charge in [-0.25, -0.2) is 4.98 Å². The lowest BCUT2D eigenvalue weighted by molar-refractivity contribution is 0.727. The smallest absolute Gasteiger partial charge is 0.140 e. The summed E-state index contributed by atoms with van der Waals surface area (Å²) in [6.07, 6.45) is 1.80. The standard InChI is InChI=1S/C12H15N3S/c1-9-7-15(8-10(2)16-9)12-4-3-11(5-13)14-6-12/h3-4,6,9-10H,7-8H2,1-2H3. The number of aromatic nitrogens is 1. The van der Waals surface area contributed by atoms with Gasteiger partial charge in [0.05, 0.1) is 11.9 Å². The highest BCUT2D eigenvalue weighted by Crippen LogP contribution is 2.28. The maximum Gasteiger partial charge on any atom is 0.140 e. The topological polar surface area (TPSA) is 39.9 Å². The first-order chi connectivity index (χ1) is 7.69. The van der Waals surface area contributed by atoms with Crippen molar-refractivity contribution in [3.8, 4) is 6.07 Å². The molecule has 16 heavy (non-hydrogen) atoms. The molecule has 2 unspecified atom stereocenters. The van der Waals surface area contributed by atoms with E-state index in [1.54, 1.807) is 12.3 Å². The van der Waals surface area contributed by atoms with E-state index in [4.69, 9.17) is 5.26 Å². The van der Waals surface area contributed by atoms with Gasteiger partial charge in [-0.3, -0.25) is 0 Å². The van der Waals surface area contributed by atoms with Crippen molar-refractivity contribution in [1.29, 1.82) is 5.26 Å². The second-order valence-corrected chi connectivity index (χ2v) is 6.06. The molecule has 0 radical (unpaired) electrons. The number of rotatable bonds is 1. The van der Waals surface area contributed by atoms with Gasteiger partial charge in [0, 0.05) is 23.6 Å². The molecular formula is C12H15N3S. The lowest BCUT2D eigenvalue weighted by atomic mass is 10.2. The van der Waals surface area contributed by atoms with Gasteiger partial charge >= 0.3 is 0 Å². The summed E-state index contributed by atoms with van der Waals surface area (Å²) < 4.78 is 0. The minimum Gasteiger partial charge on any atom is -0.368 e. The van der Waals surface area contributed by atoms with Crippen LogP contribution in [0.3, 0.4) is 0 Å². The summed E-state index contributed by atoms with van der Waals surface area (Å²) in [6.45, 7) is 6.62. The third-order valence-corrected chi connectivity index (χ3v) is 3.87. The molecule has 1 aliphatic heterocycles. The molecule has 1 aromatic heterocycles. The van der Waals surface area contributed by atoms with E-state index < -0.39 is 0 Å². The molecule has 1 aromatic rings. The van der Waals surface area contributed by atoms with Crippen LogP contribution in [0.25, 0.3) is 0 Å². The number of anilines is 1. The largest absolute Gasteiger partial charge is 0.368 e. The van der Waals surface area contributed by atoms with Crippen molar-refractivity contribution in [3.05, 3.63) is 24.0 Å². The van der Waals surface area contributed by atoms with Crippen molar-refractivity contribution in [2.75, 3.05) is 18.0 Å². The predicted molar refractivity (Wildman–Crippen MR) is 67.7 cm³/mol. The van der Waals surface area contributed by atoms with Crippen molar-refractivity contribution in [1.82, 2.24) is 4.98 Å². The van der Waals surface area contributed by atoms with Crippen LogP contribution in [-0.2, 0) is 0 Å². The van der Waals surface area contributed by atoms with Gasteiger partial charge in [-0.15, -0.1) is 0 Å². The Morgan fingerprint density at radius 1 is 1.38 bits per heavy atom. The zero-order valence-electron chi connectivity index (χ0n) is 9.55. The molecule has 84 valence electrons. The minimum absolute atomic E-state index is 0.483. The lowest BCUT2D eigenvalue weighted by Crippen LogP contribution is -2.40. The van der Waals surface area contributed by atoms with E-state index in [9.17, 15) is 0 Å². The summed E-state index contributed by atoms with van der Waals surface area (Å²) in [7, 11) is 0. The average molecular weight is 233 g/mol. The summed E-state index contributed by atoms with van der Waals surface area (Å²) in [5.74, 6) is 0. The quantitative estimate of drug-likeness (QED) is 0.746. The molecule has 0 bridgehead atoms. The molecule has 1 saturated heterocycles. The van der Waals surface area contributed by atoms with Crippen LogP contribution in [0.5, 0.6) is 0 Å². The van der Waals surface area contributed by atoms with Gasteiger partial charge in [0.15, 0.2) is 0 Å². The van der Waals surface area contributed by atoms with E-state index in [2.05, 4.69) is 23.7 Å². The molecular weight excluding hydrogens is 218 g/mol. The highest BCUT2D eigenvalue weighted by molar-refractivity contribution is 8.00. The van der Waals surface area contributed by atoms with Gasteiger partial charge in [0.1, 0.15) is 11.8 Å². The zero-order valence-corrected chi connectivity index (χ0v) is 10.4. The summed E-state index contributed by atoms with van der Waals surface area (Å²) in [6, 6.07) is 5.81. The van der Waals surface area contributed by atoms with Crippen molar-refractivity contribution < 1.29 is 0 Å². The molecule has 0 amide bonds. The summed E-state index contributed by atoms with van der Waals surface area (Å²) in [4.78, 5) is 6.46. The van der Waals surface area contributed by atoms with Crippen LogP contribution < -0.4 is 4.90 Å². The van der Waals surface area contributed by atoms with Crippen molar-refractivity contribution in [2.45, 2.75) is 24.3 Å². The van der Waals surface area contributed by atoms with Crippen LogP contribution in [0.1, 0.15) is 19.5 Å². The molecule has 2 atom stereocenters. The van der Waals surface area contributed by atoms with E-state index in [1.807, 2.05) is 23.9 Å². The molecule has 1 aliphatic rings. The van der Waals surface area contributed by atoms with Gasteiger partial charge in [-0.2, -0.15) is 17.0 Å². The third-order valence-electron chi connectivity index (χ3n) is 2.65. The number of thioether (sulfide) groups is 1. The lowest BCUT2D eigenvalue weighted by Gasteiger charge is -2.36. The molecule has 0 spiro atoms. The van der Waals surface area contributed by atoms with Crippen molar-refractivity contribution in [3.63, 3.8) is 0 Å². The first kappa shape index (κ1) is 11.3. The Bertz CT molecular complexity index is 386. The minimum atomic E-state index is 0.483. The van der Waals surface area contributed by atoms with E-state index in [-0.39, 0.29) is 0 Å². The monoisotopic (exact) mass is 233 g/mol. The zero-order chi connectivity index (χ0) is 11.5. The van der Waals surface area contributed by atoms with Gasteiger partial charge in [-0.05, 0) is 12.1 Å².